The molecule has 3 rings (SSSR count). The lowest BCUT2D eigenvalue weighted by Gasteiger charge is -2.12. The van der Waals surface area contributed by atoms with E-state index in [4.69, 9.17) is 4.74 Å². The van der Waals surface area contributed by atoms with Gasteiger partial charge in [0.25, 0.3) is 0 Å². The molecule has 1 aromatic carbocycles. The topological polar surface area (TPSA) is 76.4 Å². The summed E-state index contributed by atoms with van der Waals surface area (Å²) in [5, 5.41) is 10.6. The van der Waals surface area contributed by atoms with Crippen molar-refractivity contribution < 1.29 is 4.74 Å². The van der Waals surface area contributed by atoms with Crippen LogP contribution in [0.4, 0.5) is 0 Å². The van der Waals surface area contributed by atoms with E-state index in [-0.39, 0.29) is 0 Å². The third kappa shape index (κ3) is 5.20. The maximum Gasteiger partial charge on any atom is 0.191 e. The van der Waals surface area contributed by atoms with Gasteiger partial charge in [-0.05, 0) is 31.7 Å². The zero-order valence-electron chi connectivity index (χ0n) is 14.9. The number of nitrogens with one attached hydrogen (secondary N) is 2. The molecule has 0 amide bonds. The molecular weight excluding hydrogens is 316 g/mol. The Bertz CT molecular complexity index is 707. The monoisotopic (exact) mass is 342 g/mol. The van der Waals surface area contributed by atoms with E-state index < -0.39 is 0 Å². The Morgan fingerprint density at radius 3 is 2.88 bits per heavy atom. The zero-order chi connectivity index (χ0) is 17.5. The maximum absolute atomic E-state index is 5.96. The molecule has 0 bridgehead atoms. The Morgan fingerprint density at radius 2 is 2.16 bits per heavy atom. The van der Waals surface area contributed by atoms with Crippen LogP contribution in [0.1, 0.15) is 31.2 Å². The summed E-state index contributed by atoms with van der Waals surface area (Å²) in [4.78, 5) is 8.89. The molecule has 1 aliphatic carbocycles. The molecule has 2 aromatic rings. The minimum absolute atomic E-state index is 0.564. The van der Waals surface area contributed by atoms with Crippen molar-refractivity contribution in [2.75, 3.05) is 13.2 Å². The minimum atomic E-state index is 0.564. The van der Waals surface area contributed by atoms with Gasteiger partial charge in [0, 0.05) is 19.2 Å². The number of aliphatic imine (C=N–C) groups is 1. The summed E-state index contributed by atoms with van der Waals surface area (Å²) in [5.41, 5.74) is 1.10. The van der Waals surface area contributed by atoms with E-state index in [1.165, 1.54) is 12.8 Å². The van der Waals surface area contributed by atoms with E-state index in [0.717, 1.165) is 42.2 Å². The quantitative estimate of drug-likeness (QED) is 0.566. The standard InChI is InChI=1S/C18H26N6O/c1-3-19-18(21-11-17-22-13-23-24(17)2)20-10-15-6-4-5-7-16(15)25-12-14-8-9-14/h4-7,13-14H,3,8-12H2,1-2H3,(H2,19,20,21). The highest BCUT2D eigenvalue weighted by Crippen LogP contribution is 2.30. The van der Waals surface area contributed by atoms with Gasteiger partial charge in [-0.25, -0.2) is 9.98 Å². The zero-order valence-corrected chi connectivity index (χ0v) is 14.9. The van der Waals surface area contributed by atoms with Crippen LogP contribution in [0.3, 0.4) is 0 Å². The van der Waals surface area contributed by atoms with Crippen LogP contribution in [0.15, 0.2) is 35.6 Å². The number of ether oxygens (including phenoxy) is 1. The summed E-state index contributed by atoms with van der Waals surface area (Å²) in [5.74, 6) is 3.28. The molecule has 0 saturated heterocycles. The van der Waals surface area contributed by atoms with Crippen LogP contribution in [0.2, 0.25) is 0 Å². The van der Waals surface area contributed by atoms with Crippen LogP contribution in [0.5, 0.6) is 5.75 Å². The van der Waals surface area contributed by atoms with E-state index in [1.807, 2.05) is 32.2 Å². The number of benzene rings is 1. The molecule has 1 fully saturated rings. The predicted octanol–water partition coefficient (Wildman–Crippen LogP) is 1.86. The number of aryl methyl sites for hydroxylation is 1. The SMILES string of the molecule is CCNC(=NCc1ccccc1OCC1CC1)NCc1ncnn1C. The molecule has 1 heterocycles. The van der Waals surface area contributed by atoms with Gasteiger partial charge in [0.1, 0.15) is 17.9 Å². The lowest BCUT2D eigenvalue weighted by molar-refractivity contribution is 0.297. The van der Waals surface area contributed by atoms with Crippen molar-refractivity contribution in [3.63, 3.8) is 0 Å². The van der Waals surface area contributed by atoms with Gasteiger partial charge in [-0.3, -0.25) is 4.68 Å². The fraction of sp³-hybridized carbons (Fsp3) is 0.500. The van der Waals surface area contributed by atoms with Gasteiger partial charge < -0.3 is 15.4 Å². The fourth-order valence-electron chi connectivity index (χ4n) is 2.42. The normalized spacial score (nSPS) is 14.4. The lowest BCUT2D eigenvalue weighted by atomic mass is 10.2. The third-order valence-electron chi connectivity index (χ3n) is 4.11. The first-order valence-corrected chi connectivity index (χ1v) is 8.82. The number of aromatic nitrogens is 3. The highest BCUT2D eigenvalue weighted by Gasteiger charge is 2.22. The van der Waals surface area contributed by atoms with Crippen molar-refractivity contribution in [1.29, 1.82) is 0 Å². The fourth-order valence-corrected chi connectivity index (χ4v) is 2.42. The smallest absolute Gasteiger partial charge is 0.191 e. The molecule has 0 spiro atoms. The Hall–Kier alpha value is -2.57. The number of hydrogen-bond donors (Lipinski definition) is 2. The average molecular weight is 342 g/mol. The van der Waals surface area contributed by atoms with E-state index in [0.29, 0.717) is 13.1 Å². The summed E-state index contributed by atoms with van der Waals surface area (Å²) >= 11 is 0. The van der Waals surface area contributed by atoms with Gasteiger partial charge in [-0.2, -0.15) is 5.10 Å². The second-order valence-corrected chi connectivity index (χ2v) is 6.21. The second kappa shape index (κ2) is 8.50. The van der Waals surface area contributed by atoms with Crippen molar-refractivity contribution >= 4 is 5.96 Å². The van der Waals surface area contributed by atoms with Gasteiger partial charge in [-0.15, -0.1) is 0 Å². The lowest BCUT2D eigenvalue weighted by Crippen LogP contribution is -2.37. The van der Waals surface area contributed by atoms with Crippen LogP contribution in [-0.2, 0) is 20.1 Å². The van der Waals surface area contributed by atoms with Gasteiger partial charge in [0.2, 0.25) is 0 Å². The van der Waals surface area contributed by atoms with Crippen molar-refractivity contribution in [3.8, 4) is 5.75 Å². The predicted molar refractivity (Wildman–Crippen MR) is 97.3 cm³/mol. The number of guanidine groups is 1. The van der Waals surface area contributed by atoms with Crippen molar-refractivity contribution in [1.82, 2.24) is 25.4 Å². The summed E-state index contributed by atoms with van der Waals surface area (Å²) in [7, 11) is 1.88. The van der Waals surface area contributed by atoms with Crippen molar-refractivity contribution in [2.24, 2.45) is 18.0 Å². The maximum atomic E-state index is 5.96. The molecule has 1 aliphatic rings. The average Bonchev–Trinajstić information content (AvgIpc) is 3.37. The third-order valence-corrected chi connectivity index (χ3v) is 4.11. The number of hydrogen-bond acceptors (Lipinski definition) is 4. The summed E-state index contributed by atoms with van der Waals surface area (Å²) < 4.78 is 7.70. The molecule has 0 aliphatic heterocycles. The number of para-hydroxylation sites is 1. The highest BCUT2D eigenvalue weighted by atomic mass is 16.5. The van der Waals surface area contributed by atoms with Gasteiger partial charge >= 0.3 is 0 Å². The molecule has 7 nitrogen and oxygen atoms in total. The van der Waals surface area contributed by atoms with Crippen LogP contribution in [0, 0.1) is 5.92 Å². The molecule has 0 radical (unpaired) electrons. The summed E-state index contributed by atoms with van der Waals surface area (Å²) in [6.07, 6.45) is 4.13. The minimum Gasteiger partial charge on any atom is -0.493 e. The van der Waals surface area contributed by atoms with Gasteiger partial charge in [-0.1, -0.05) is 18.2 Å². The molecule has 0 unspecified atom stereocenters. The number of rotatable bonds is 8. The van der Waals surface area contributed by atoms with E-state index in [2.05, 4.69) is 31.8 Å². The van der Waals surface area contributed by atoms with Crippen LogP contribution in [0.25, 0.3) is 0 Å². The van der Waals surface area contributed by atoms with Crippen LogP contribution < -0.4 is 15.4 Å². The molecule has 1 saturated carbocycles. The Morgan fingerprint density at radius 1 is 1.32 bits per heavy atom. The van der Waals surface area contributed by atoms with Crippen molar-refractivity contribution in [2.45, 2.75) is 32.9 Å². The molecule has 25 heavy (non-hydrogen) atoms. The molecular formula is C18H26N6O. The summed E-state index contributed by atoms with van der Waals surface area (Å²) in [6, 6.07) is 8.12. The second-order valence-electron chi connectivity index (χ2n) is 6.21. The van der Waals surface area contributed by atoms with Crippen LogP contribution >= 0.6 is 0 Å². The Labute approximate surface area is 148 Å². The van der Waals surface area contributed by atoms with Gasteiger partial charge in [0.15, 0.2) is 5.96 Å². The first-order chi connectivity index (χ1) is 12.3. The molecule has 0 atom stereocenters. The van der Waals surface area contributed by atoms with Crippen molar-refractivity contribution in [3.05, 3.63) is 42.0 Å². The molecule has 2 N–H and O–H groups in total. The number of nitrogens with zero attached hydrogens (tertiary/aromatic N) is 4. The molecule has 7 heteroatoms. The van der Waals surface area contributed by atoms with E-state index in [9.17, 15) is 0 Å². The van der Waals surface area contributed by atoms with Crippen LogP contribution in [-0.4, -0.2) is 33.9 Å². The van der Waals surface area contributed by atoms with E-state index in [1.54, 1.807) is 11.0 Å². The Kier molecular flexibility index (Phi) is 5.87. The Balaban J connectivity index is 1.61. The summed E-state index contributed by atoms with van der Waals surface area (Å²) in [6.45, 7) is 4.79. The first-order valence-electron chi connectivity index (χ1n) is 8.82. The first kappa shape index (κ1) is 17.3. The highest BCUT2D eigenvalue weighted by molar-refractivity contribution is 5.79. The van der Waals surface area contributed by atoms with E-state index >= 15 is 0 Å². The molecule has 1 aromatic heterocycles. The molecule has 134 valence electrons. The van der Waals surface area contributed by atoms with Gasteiger partial charge in [0.05, 0.1) is 19.7 Å². The largest absolute Gasteiger partial charge is 0.493 e.